The van der Waals surface area contributed by atoms with Crippen LogP contribution in [0, 0.1) is 34.7 Å². The molecule has 1 aliphatic rings. The van der Waals surface area contributed by atoms with E-state index in [4.69, 9.17) is 5.26 Å². The number of hydrogen-bond donors (Lipinski definition) is 0. The zero-order valence-corrected chi connectivity index (χ0v) is 16.0. The van der Waals surface area contributed by atoms with Crippen molar-refractivity contribution in [2.24, 2.45) is 5.92 Å². The van der Waals surface area contributed by atoms with Crippen LogP contribution in [0.25, 0.3) is 6.08 Å². The molecule has 146 valence electrons. The summed E-state index contributed by atoms with van der Waals surface area (Å²) in [6, 6.07) is 9.49. The number of allylic oxidation sites excluding steroid dienone is 1. The lowest BCUT2D eigenvalue weighted by atomic mass is 9.78. The van der Waals surface area contributed by atoms with Gasteiger partial charge in [0.1, 0.15) is 23.5 Å². The first-order chi connectivity index (χ1) is 13.5. The van der Waals surface area contributed by atoms with Gasteiger partial charge in [-0.25, -0.2) is 13.2 Å². The van der Waals surface area contributed by atoms with Crippen molar-refractivity contribution in [1.29, 1.82) is 5.26 Å². The van der Waals surface area contributed by atoms with Crippen LogP contribution in [0.5, 0.6) is 0 Å². The molecule has 2 aromatic carbocycles. The Balaban J connectivity index is 1.63. The normalized spacial score (nSPS) is 19.7. The maximum Gasteiger partial charge on any atom is 0.141 e. The SMILES string of the molecule is CCCc1cc(F)c(C=CC2CCC(c3ccc(C#N)c(F)c3)CC2)c(F)c1. The molecule has 0 unspecified atom stereocenters. The molecule has 0 amide bonds. The van der Waals surface area contributed by atoms with Crippen LogP contribution in [0.3, 0.4) is 0 Å². The summed E-state index contributed by atoms with van der Waals surface area (Å²) in [6.07, 6.45) is 8.53. The molecule has 0 radical (unpaired) electrons. The number of halogens is 3. The molecule has 1 nitrogen and oxygen atoms in total. The highest BCUT2D eigenvalue weighted by molar-refractivity contribution is 5.52. The maximum absolute atomic E-state index is 14.2. The second kappa shape index (κ2) is 9.10. The van der Waals surface area contributed by atoms with Crippen molar-refractivity contribution in [3.63, 3.8) is 0 Å². The van der Waals surface area contributed by atoms with E-state index >= 15 is 0 Å². The zero-order chi connectivity index (χ0) is 20.1. The third-order valence-electron chi connectivity index (χ3n) is 5.57. The minimum Gasteiger partial charge on any atom is -0.206 e. The summed E-state index contributed by atoms with van der Waals surface area (Å²) in [4.78, 5) is 0. The first-order valence-corrected chi connectivity index (χ1v) is 9.87. The minimum atomic E-state index is -0.513. The molecular weight excluding hydrogens is 359 g/mol. The fourth-order valence-corrected chi connectivity index (χ4v) is 3.98. The van der Waals surface area contributed by atoms with Gasteiger partial charge in [-0.15, -0.1) is 0 Å². The van der Waals surface area contributed by atoms with E-state index in [9.17, 15) is 13.2 Å². The van der Waals surface area contributed by atoms with Gasteiger partial charge in [0, 0.05) is 5.56 Å². The topological polar surface area (TPSA) is 23.8 Å². The molecule has 2 aromatic rings. The van der Waals surface area contributed by atoms with E-state index in [2.05, 4.69) is 0 Å². The molecule has 28 heavy (non-hydrogen) atoms. The van der Waals surface area contributed by atoms with Crippen molar-refractivity contribution in [2.45, 2.75) is 51.4 Å². The van der Waals surface area contributed by atoms with Gasteiger partial charge in [0.05, 0.1) is 5.56 Å². The van der Waals surface area contributed by atoms with Crippen molar-refractivity contribution in [1.82, 2.24) is 0 Å². The highest BCUT2D eigenvalue weighted by Gasteiger charge is 2.22. The predicted octanol–water partition coefficient (Wildman–Crippen LogP) is 6.92. The average Bonchev–Trinajstić information content (AvgIpc) is 2.68. The standard InChI is InChI=1S/C24H24F3N/c1-2-3-17-12-23(26)21(24(27)13-17)11-6-16-4-7-18(8-5-16)19-9-10-20(15-28)22(25)14-19/h6,9-14,16,18H,2-5,7-8H2,1H3. The highest BCUT2D eigenvalue weighted by Crippen LogP contribution is 2.37. The van der Waals surface area contributed by atoms with Crippen molar-refractivity contribution in [2.75, 3.05) is 0 Å². The number of nitriles is 1. The van der Waals surface area contributed by atoms with Crippen molar-refractivity contribution >= 4 is 6.08 Å². The average molecular weight is 383 g/mol. The molecular formula is C24H24F3N. The van der Waals surface area contributed by atoms with Gasteiger partial charge in [0.25, 0.3) is 0 Å². The smallest absolute Gasteiger partial charge is 0.141 e. The third-order valence-corrected chi connectivity index (χ3v) is 5.57. The van der Waals surface area contributed by atoms with E-state index in [0.717, 1.165) is 37.7 Å². The monoisotopic (exact) mass is 383 g/mol. The molecule has 1 saturated carbocycles. The maximum atomic E-state index is 14.2. The summed E-state index contributed by atoms with van der Waals surface area (Å²) in [5, 5.41) is 8.84. The van der Waals surface area contributed by atoms with Crippen LogP contribution in [0.1, 0.15) is 67.2 Å². The molecule has 1 aliphatic carbocycles. The molecule has 0 spiro atoms. The lowest BCUT2D eigenvalue weighted by Crippen LogP contribution is -2.12. The molecule has 0 aromatic heterocycles. The van der Waals surface area contributed by atoms with E-state index in [1.165, 1.54) is 24.3 Å². The Bertz CT molecular complexity index is 880. The van der Waals surface area contributed by atoms with Gasteiger partial charge < -0.3 is 0 Å². The van der Waals surface area contributed by atoms with Gasteiger partial charge in [-0.3, -0.25) is 0 Å². The molecule has 0 N–H and O–H groups in total. The predicted molar refractivity (Wildman–Crippen MR) is 105 cm³/mol. The van der Waals surface area contributed by atoms with Crippen LogP contribution < -0.4 is 0 Å². The molecule has 1 fully saturated rings. The molecule has 0 atom stereocenters. The third kappa shape index (κ3) is 4.65. The Labute approximate surface area is 164 Å². The van der Waals surface area contributed by atoms with Crippen molar-refractivity contribution in [3.8, 4) is 6.07 Å². The number of hydrogen-bond acceptors (Lipinski definition) is 1. The molecule has 0 aliphatic heterocycles. The van der Waals surface area contributed by atoms with E-state index in [1.54, 1.807) is 6.08 Å². The van der Waals surface area contributed by atoms with Crippen molar-refractivity contribution in [3.05, 3.63) is 76.1 Å². The lowest BCUT2D eigenvalue weighted by Gasteiger charge is -2.27. The fraction of sp³-hybridized carbons (Fsp3) is 0.375. The van der Waals surface area contributed by atoms with Crippen LogP contribution in [0.4, 0.5) is 13.2 Å². The summed E-state index contributed by atoms with van der Waals surface area (Å²) in [7, 11) is 0. The first-order valence-electron chi connectivity index (χ1n) is 9.87. The van der Waals surface area contributed by atoms with Crippen LogP contribution in [0.2, 0.25) is 0 Å². The summed E-state index contributed by atoms with van der Waals surface area (Å²) in [5.74, 6) is -0.982. The molecule has 0 heterocycles. The van der Waals surface area contributed by atoms with Crippen LogP contribution >= 0.6 is 0 Å². The number of aryl methyl sites for hydroxylation is 1. The largest absolute Gasteiger partial charge is 0.206 e. The minimum absolute atomic E-state index is 0.0242. The Kier molecular flexibility index (Phi) is 6.57. The zero-order valence-electron chi connectivity index (χ0n) is 16.0. The number of nitrogens with zero attached hydrogens (tertiary/aromatic N) is 1. The van der Waals surface area contributed by atoms with Gasteiger partial charge in [0.15, 0.2) is 0 Å². The van der Waals surface area contributed by atoms with E-state index in [-0.39, 0.29) is 23.0 Å². The Morgan fingerprint density at radius 2 is 1.68 bits per heavy atom. The van der Waals surface area contributed by atoms with E-state index in [0.29, 0.717) is 12.0 Å². The Morgan fingerprint density at radius 1 is 1.00 bits per heavy atom. The lowest BCUT2D eigenvalue weighted by molar-refractivity contribution is 0.376. The van der Waals surface area contributed by atoms with Gasteiger partial charge >= 0.3 is 0 Å². The van der Waals surface area contributed by atoms with Crippen LogP contribution in [0.15, 0.2) is 36.4 Å². The first kappa shape index (κ1) is 20.2. The Hall–Kier alpha value is -2.54. The quantitative estimate of drug-likeness (QED) is 0.550. The summed E-state index contributed by atoms with van der Waals surface area (Å²) < 4.78 is 42.3. The summed E-state index contributed by atoms with van der Waals surface area (Å²) in [5.41, 5.74) is 1.69. The number of rotatable bonds is 5. The molecule has 3 rings (SSSR count). The van der Waals surface area contributed by atoms with Crippen LogP contribution in [-0.4, -0.2) is 0 Å². The van der Waals surface area contributed by atoms with E-state index < -0.39 is 17.5 Å². The molecule has 0 bridgehead atoms. The van der Waals surface area contributed by atoms with E-state index in [1.807, 2.05) is 25.1 Å². The van der Waals surface area contributed by atoms with Gasteiger partial charge in [-0.1, -0.05) is 31.6 Å². The van der Waals surface area contributed by atoms with Gasteiger partial charge in [-0.2, -0.15) is 5.26 Å². The van der Waals surface area contributed by atoms with Crippen LogP contribution in [-0.2, 0) is 6.42 Å². The second-order valence-corrected chi connectivity index (χ2v) is 7.55. The fourth-order valence-electron chi connectivity index (χ4n) is 3.98. The Morgan fingerprint density at radius 3 is 2.25 bits per heavy atom. The number of benzene rings is 2. The van der Waals surface area contributed by atoms with Gasteiger partial charge in [-0.05, 0) is 79.3 Å². The molecule has 0 saturated heterocycles. The second-order valence-electron chi connectivity index (χ2n) is 7.55. The summed E-state index contributed by atoms with van der Waals surface area (Å²) in [6.45, 7) is 1.98. The highest BCUT2D eigenvalue weighted by atomic mass is 19.1. The summed E-state index contributed by atoms with van der Waals surface area (Å²) >= 11 is 0. The molecule has 4 heteroatoms. The van der Waals surface area contributed by atoms with Crippen molar-refractivity contribution < 1.29 is 13.2 Å². The van der Waals surface area contributed by atoms with Gasteiger partial charge in [0.2, 0.25) is 0 Å².